The molecule has 0 aliphatic heterocycles. The van der Waals surface area contributed by atoms with Gasteiger partial charge >= 0.3 is 0 Å². The summed E-state index contributed by atoms with van der Waals surface area (Å²) in [6, 6.07) is 3.54. The average Bonchev–Trinajstić information content (AvgIpc) is 2.85. The van der Waals surface area contributed by atoms with Crippen LogP contribution in [0.5, 0.6) is 5.75 Å². The van der Waals surface area contributed by atoms with Crippen molar-refractivity contribution >= 4 is 23.2 Å². The van der Waals surface area contributed by atoms with E-state index in [1.807, 2.05) is 4.57 Å². The summed E-state index contributed by atoms with van der Waals surface area (Å²) in [6.07, 6.45) is 3.52. The second-order valence-electron chi connectivity index (χ2n) is 4.71. The second-order valence-corrected chi connectivity index (χ2v) is 5.55. The minimum Gasteiger partial charge on any atom is -0.485 e. The third-order valence-electron chi connectivity index (χ3n) is 2.92. The number of halogens is 2. The van der Waals surface area contributed by atoms with Gasteiger partial charge in [-0.05, 0) is 26.0 Å². The Morgan fingerprint density at radius 3 is 2.75 bits per heavy atom. The lowest BCUT2D eigenvalue weighted by Crippen LogP contribution is -2.08. The third-order valence-corrected chi connectivity index (χ3v) is 3.42. The fraction of sp³-hybridized carbons (Fsp3) is 0.357. The lowest BCUT2D eigenvalue weighted by atomic mass is 10.2. The van der Waals surface area contributed by atoms with Crippen LogP contribution in [-0.2, 0) is 13.2 Å². The molecular formula is C14H16Cl2N2O2. The zero-order valence-electron chi connectivity index (χ0n) is 11.3. The molecule has 0 unspecified atom stereocenters. The quantitative estimate of drug-likeness (QED) is 0.912. The van der Waals surface area contributed by atoms with Crippen LogP contribution in [0, 0.1) is 0 Å². The summed E-state index contributed by atoms with van der Waals surface area (Å²) >= 11 is 12.0. The van der Waals surface area contributed by atoms with Crippen LogP contribution in [0.1, 0.15) is 31.1 Å². The Morgan fingerprint density at radius 2 is 2.10 bits per heavy atom. The SMILES string of the molecule is CC(C)n1cncc1COc1c(Cl)cc(Cl)cc1CO. The number of hydrogen-bond acceptors (Lipinski definition) is 3. The van der Waals surface area contributed by atoms with Gasteiger partial charge in [-0.15, -0.1) is 0 Å². The van der Waals surface area contributed by atoms with E-state index in [0.29, 0.717) is 34.0 Å². The zero-order chi connectivity index (χ0) is 14.7. The molecule has 1 aromatic heterocycles. The number of rotatable bonds is 5. The summed E-state index contributed by atoms with van der Waals surface area (Å²) in [5.41, 5.74) is 1.51. The Hall–Kier alpha value is -1.23. The van der Waals surface area contributed by atoms with E-state index in [-0.39, 0.29) is 6.61 Å². The first kappa shape index (κ1) is 15.2. The van der Waals surface area contributed by atoms with Crippen LogP contribution in [0.4, 0.5) is 0 Å². The van der Waals surface area contributed by atoms with E-state index in [2.05, 4.69) is 18.8 Å². The summed E-state index contributed by atoms with van der Waals surface area (Å²) in [4.78, 5) is 4.11. The zero-order valence-corrected chi connectivity index (χ0v) is 12.8. The van der Waals surface area contributed by atoms with Crippen molar-refractivity contribution in [1.82, 2.24) is 9.55 Å². The molecule has 0 saturated carbocycles. The molecule has 0 radical (unpaired) electrons. The molecule has 1 N–H and O–H groups in total. The third kappa shape index (κ3) is 3.26. The molecule has 6 heteroatoms. The van der Waals surface area contributed by atoms with Crippen molar-refractivity contribution in [2.75, 3.05) is 0 Å². The van der Waals surface area contributed by atoms with Gasteiger partial charge in [-0.2, -0.15) is 0 Å². The van der Waals surface area contributed by atoms with Crippen LogP contribution in [-0.4, -0.2) is 14.7 Å². The number of hydrogen-bond donors (Lipinski definition) is 1. The summed E-state index contributed by atoms with van der Waals surface area (Å²) in [7, 11) is 0. The minimum absolute atomic E-state index is 0.181. The number of aromatic nitrogens is 2. The number of ether oxygens (including phenoxy) is 1. The molecule has 108 valence electrons. The van der Waals surface area contributed by atoms with Gasteiger partial charge in [-0.25, -0.2) is 4.98 Å². The van der Waals surface area contributed by atoms with E-state index in [9.17, 15) is 5.11 Å². The van der Waals surface area contributed by atoms with E-state index in [4.69, 9.17) is 27.9 Å². The fourth-order valence-corrected chi connectivity index (χ4v) is 2.54. The highest BCUT2D eigenvalue weighted by Crippen LogP contribution is 2.33. The van der Waals surface area contributed by atoms with E-state index < -0.39 is 0 Å². The first-order chi connectivity index (χ1) is 9.52. The van der Waals surface area contributed by atoms with Crippen molar-refractivity contribution in [1.29, 1.82) is 0 Å². The molecule has 0 saturated heterocycles. The Kier molecular flexibility index (Phi) is 4.91. The lowest BCUT2D eigenvalue weighted by molar-refractivity contribution is 0.255. The smallest absolute Gasteiger partial charge is 0.144 e. The molecule has 2 aromatic rings. The molecule has 0 atom stereocenters. The summed E-state index contributed by atoms with van der Waals surface area (Å²) in [5.74, 6) is 0.454. The maximum atomic E-state index is 9.35. The maximum absolute atomic E-state index is 9.35. The minimum atomic E-state index is -0.181. The highest BCUT2D eigenvalue weighted by molar-refractivity contribution is 6.35. The lowest BCUT2D eigenvalue weighted by Gasteiger charge is -2.15. The van der Waals surface area contributed by atoms with Crippen LogP contribution >= 0.6 is 23.2 Å². The van der Waals surface area contributed by atoms with Crippen LogP contribution in [0.3, 0.4) is 0 Å². The van der Waals surface area contributed by atoms with E-state index >= 15 is 0 Å². The highest BCUT2D eigenvalue weighted by Gasteiger charge is 2.12. The molecule has 0 amide bonds. The number of aliphatic hydroxyl groups is 1. The van der Waals surface area contributed by atoms with Gasteiger partial charge in [0.2, 0.25) is 0 Å². The van der Waals surface area contributed by atoms with Crippen molar-refractivity contribution < 1.29 is 9.84 Å². The van der Waals surface area contributed by atoms with E-state index in [1.54, 1.807) is 24.7 Å². The molecule has 0 bridgehead atoms. The maximum Gasteiger partial charge on any atom is 0.144 e. The van der Waals surface area contributed by atoms with Gasteiger partial charge in [0.1, 0.15) is 12.4 Å². The van der Waals surface area contributed by atoms with E-state index in [0.717, 1.165) is 5.69 Å². The van der Waals surface area contributed by atoms with Gasteiger partial charge in [-0.1, -0.05) is 23.2 Å². The molecule has 0 spiro atoms. The number of nitrogens with zero attached hydrogens (tertiary/aromatic N) is 2. The van der Waals surface area contributed by atoms with Gasteiger partial charge in [0.05, 0.1) is 29.8 Å². The monoisotopic (exact) mass is 314 g/mol. The molecule has 2 rings (SSSR count). The summed E-state index contributed by atoms with van der Waals surface area (Å²) in [6.45, 7) is 4.28. The highest BCUT2D eigenvalue weighted by atomic mass is 35.5. The van der Waals surface area contributed by atoms with Crippen LogP contribution in [0.2, 0.25) is 10.0 Å². The van der Waals surface area contributed by atoms with E-state index in [1.165, 1.54) is 0 Å². The number of aliphatic hydroxyl groups excluding tert-OH is 1. The first-order valence-corrected chi connectivity index (χ1v) is 7.00. The molecular weight excluding hydrogens is 299 g/mol. The predicted molar refractivity (Wildman–Crippen MR) is 79.3 cm³/mol. The van der Waals surface area contributed by atoms with Gasteiger partial charge in [0.25, 0.3) is 0 Å². The van der Waals surface area contributed by atoms with Gasteiger partial charge in [0.15, 0.2) is 0 Å². The largest absolute Gasteiger partial charge is 0.485 e. The average molecular weight is 315 g/mol. The summed E-state index contributed by atoms with van der Waals surface area (Å²) in [5, 5.41) is 10.2. The Morgan fingerprint density at radius 1 is 1.35 bits per heavy atom. The standard InChI is InChI=1S/C14H16Cl2N2O2/c1-9(2)18-8-17-5-12(18)7-20-14-10(6-19)3-11(15)4-13(14)16/h3-5,8-9,19H,6-7H2,1-2H3. The topological polar surface area (TPSA) is 47.3 Å². The fourth-order valence-electron chi connectivity index (χ4n) is 1.95. The first-order valence-electron chi connectivity index (χ1n) is 6.25. The van der Waals surface area contributed by atoms with Crippen molar-refractivity contribution in [2.24, 2.45) is 0 Å². The van der Waals surface area contributed by atoms with Crippen molar-refractivity contribution in [3.05, 3.63) is 46.0 Å². The normalized spacial score (nSPS) is 11.1. The Balaban J connectivity index is 2.21. The molecule has 0 aliphatic rings. The molecule has 1 aromatic carbocycles. The van der Waals surface area contributed by atoms with Crippen molar-refractivity contribution in [3.63, 3.8) is 0 Å². The van der Waals surface area contributed by atoms with Gasteiger partial charge in [0, 0.05) is 16.6 Å². The molecule has 0 fully saturated rings. The molecule has 20 heavy (non-hydrogen) atoms. The van der Waals surface area contributed by atoms with Crippen molar-refractivity contribution in [3.8, 4) is 5.75 Å². The molecule has 0 aliphatic carbocycles. The predicted octanol–water partition coefficient (Wildman–Crippen LogP) is 3.84. The second kappa shape index (κ2) is 6.48. The van der Waals surface area contributed by atoms with Crippen LogP contribution < -0.4 is 4.74 Å². The van der Waals surface area contributed by atoms with Crippen molar-refractivity contribution in [2.45, 2.75) is 33.1 Å². The number of imidazole rings is 1. The molecule has 4 nitrogen and oxygen atoms in total. The molecule has 1 heterocycles. The van der Waals surface area contributed by atoms with Gasteiger partial charge in [-0.3, -0.25) is 0 Å². The number of benzene rings is 1. The van der Waals surface area contributed by atoms with Crippen LogP contribution in [0.15, 0.2) is 24.7 Å². The van der Waals surface area contributed by atoms with Gasteiger partial charge < -0.3 is 14.4 Å². The summed E-state index contributed by atoms with van der Waals surface area (Å²) < 4.78 is 7.75. The van der Waals surface area contributed by atoms with Crippen LogP contribution in [0.25, 0.3) is 0 Å². The Bertz CT molecular complexity index is 597. The Labute approximate surface area is 127 Å².